The standard InChI is InChI=1S/C16H14BrF3/c1-8-4-9(2)15(10(3)5-8)16(17)11-6-13(19)14(20)7-12(11)18/h4-7,16H,1-3H3. The van der Waals surface area contributed by atoms with Crippen molar-refractivity contribution in [2.75, 3.05) is 0 Å². The third-order valence-corrected chi connectivity index (χ3v) is 4.26. The fraction of sp³-hybridized carbons (Fsp3) is 0.250. The Hall–Kier alpha value is -1.29. The predicted molar refractivity (Wildman–Crippen MR) is 77.7 cm³/mol. The van der Waals surface area contributed by atoms with Crippen LogP contribution < -0.4 is 0 Å². The van der Waals surface area contributed by atoms with Gasteiger partial charge in [-0.05, 0) is 43.5 Å². The summed E-state index contributed by atoms with van der Waals surface area (Å²) in [6.07, 6.45) is 0. The number of hydrogen-bond acceptors (Lipinski definition) is 0. The van der Waals surface area contributed by atoms with E-state index >= 15 is 0 Å². The van der Waals surface area contributed by atoms with E-state index in [-0.39, 0.29) is 5.56 Å². The van der Waals surface area contributed by atoms with Crippen LogP contribution in [0.15, 0.2) is 24.3 Å². The quantitative estimate of drug-likeness (QED) is 0.498. The molecule has 0 saturated heterocycles. The minimum Gasteiger partial charge on any atom is -0.207 e. The van der Waals surface area contributed by atoms with E-state index in [0.29, 0.717) is 6.07 Å². The van der Waals surface area contributed by atoms with Gasteiger partial charge in [-0.1, -0.05) is 33.6 Å². The van der Waals surface area contributed by atoms with Gasteiger partial charge in [0.25, 0.3) is 0 Å². The lowest BCUT2D eigenvalue weighted by molar-refractivity contribution is 0.491. The Kier molecular flexibility index (Phi) is 4.23. The summed E-state index contributed by atoms with van der Waals surface area (Å²) in [6.45, 7) is 5.81. The molecule has 0 saturated carbocycles. The van der Waals surface area contributed by atoms with Crippen LogP contribution in [0, 0.1) is 38.2 Å². The molecule has 2 rings (SSSR count). The second-order valence-corrected chi connectivity index (χ2v) is 5.88. The number of halogens is 4. The maximum atomic E-state index is 13.9. The number of hydrogen-bond donors (Lipinski definition) is 0. The van der Waals surface area contributed by atoms with Crippen LogP contribution in [0.5, 0.6) is 0 Å². The first-order valence-electron chi connectivity index (χ1n) is 6.17. The Morgan fingerprint density at radius 1 is 0.800 bits per heavy atom. The van der Waals surface area contributed by atoms with Gasteiger partial charge in [-0.2, -0.15) is 0 Å². The predicted octanol–water partition coefficient (Wildman–Crippen LogP) is 5.51. The molecule has 1 unspecified atom stereocenters. The highest BCUT2D eigenvalue weighted by Gasteiger charge is 2.21. The van der Waals surface area contributed by atoms with Crippen molar-refractivity contribution in [2.45, 2.75) is 25.6 Å². The normalized spacial score (nSPS) is 12.6. The molecule has 0 spiro atoms. The Bertz CT molecular complexity index is 642. The molecule has 4 heteroatoms. The van der Waals surface area contributed by atoms with Crippen molar-refractivity contribution >= 4 is 15.9 Å². The van der Waals surface area contributed by atoms with Crippen LogP contribution in [0.3, 0.4) is 0 Å². The van der Waals surface area contributed by atoms with E-state index in [1.54, 1.807) is 0 Å². The lowest BCUT2D eigenvalue weighted by Gasteiger charge is -2.18. The zero-order valence-corrected chi connectivity index (χ0v) is 13.0. The average molecular weight is 343 g/mol. The smallest absolute Gasteiger partial charge is 0.161 e. The molecule has 0 aromatic heterocycles. The maximum absolute atomic E-state index is 13.9. The third kappa shape index (κ3) is 2.75. The van der Waals surface area contributed by atoms with E-state index < -0.39 is 22.3 Å². The zero-order chi connectivity index (χ0) is 15.0. The molecule has 0 fully saturated rings. The summed E-state index contributed by atoms with van der Waals surface area (Å²) in [7, 11) is 0. The van der Waals surface area contributed by atoms with Gasteiger partial charge in [-0.15, -0.1) is 0 Å². The highest BCUT2D eigenvalue weighted by atomic mass is 79.9. The first-order chi connectivity index (χ1) is 9.31. The Morgan fingerprint density at radius 3 is 1.85 bits per heavy atom. The van der Waals surface area contributed by atoms with Crippen molar-refractivity contribution in [1.82, 2.24) is 0 Å². The molecule has 0 aliphatic heterocycles. The summed E-state index contributed by atoms with van der Waals surface area (Å²) in [6, 6.07) is 5.45. The first kappa shape index (κ1) is 15.1. The highest BCUT2D eigenvalue weighted by molar-refractivity contribution is 9.09. The Morgan fingerprint density at radius 2 is 1.30 bits per heavy atom. The molecule has 0 aliphatic rings. The lowest BCUT2D eigenvalue weighted by Crippen LogP contribution is -2.04. The second-order valence-electron chi connectivity index (χ2n) is 4.96. The van der Waals surface area contributed by atoms with Crippen LogP contribution in [0.25, 0.3) is 0 Å². The van der Waals surface area contributed by atoms with Crippen molar-refractivity contribution in [3.8, 4) is 0 Å². The van der Waals surface area contributed by atoms with Crippen LogP contribution in [0.4, 0.5) is 13.2 Å². The molecule has 0 amide bonds. The van der Waals surface area contributed by atoms with Gasteiger partial charge in [0.1, 0.15) is 5.82 Å². The molecule has 0 nitrogen and oxygen atoms in total. The number of benzene rings is 2. The Labute approximate surface area is 124 Å². The molecular weight excluding hydrogens is 329 g/mol. The fourth-order valence-electron chi connectivity index (χ4n) is 2.48. The molecule has 0 bridgehead atoms. The van der Waals surface area contributed by atoms with Crippen molar-refractivity contribution in [3.63, 3.8) is 0 Å². The summed E-state index contributed by atoms with van der Waals surface area (Å²) >= 11 is 3.40. The van der Waals surface area contributed by atoms with E-state index in [1.807, 2.05) is 32.9 Å². The van der Waals surface area contributed by atoms with E-state index in [0.717, 1.165) is 28.3 Å². The van der Waals surface area contributed by atoms with Crippen LogP contribution in [0.1, 0.15) is 32.6 Å². The summed E-state index contributed by atoms with van der Waals surface area (Å²) in [5, 5.41) is 0. The second kappa shape index (κ2) is 5.60. The van der Waals surface area contributed by atoms with Crippen LogP contribution in [0.2, 0.25) is 0 Å². The molecule has 0 N–H and O–H groups in total. The summed E-state index contributed by atoms with van der Waals surface area (Å²) in [4.78, 5) is -0.516. The first-order valence-corrected chi connectivity index (χ1v) is 7.09. The van der Waals surface area contributed by atoms with Gasteiger partial charge in [-0.3, -0.25) is 0 Å². The largest absolute Gasteiger partial charge is 0.207 e. The number of alkyl halides is 1. The summed E-state index contributed by atoms with van der Waals surface area (Å²) in [5.74, 6) is -2.98. The van der Waals surface area contributed by atoms with Crippen molar-refractivity contribution in [1.29, 1.82) is 0 Å². The number of aryl methyl sites for hydroxylation is 3. The van der Waals surface area contributed by atoms with Gasteiger partial charge in [-0.25, -0.2) is 13.2 Å². The fourth-order valence-corrected chi connectivity index (χ4v) is 3.55. The minimum absolute atomic E-state index is 0.0963. The van der Waals surface area contributed by atoms with E-state index in [1.165, 1.54) is 0 Å². The molecule has 0 aliphatic carbocycles. The van der Waals surface area contributed by atoms with Gasteiger partial charge in [0.15, 0.2) is 11.6 Å². The van der Waals surface area contributed by atoms with Crippen molar-refractivity contribution in [2.24, 2.45) is 0 Å². The van der Waals surface area contributed by atoms with Crippen LogP contribution in [-0.4, -0.2) is 0 Å². The topological polar surface area (TPSA) is 0 Å². The average Bonchev–Trinajstić information content (AvgIpc) is 2.32. The zero-order valence-electron chi connectivity index (χ0n) is 11.4. The van der Waals surface area contributed by atoms with Crippen molar-refractivity contribution < 1.29 is 13.2 Å². The summed E-state index contributed by atoms with van der Waals surface area (Å²) in [5.41, 5.74) is 4.04. The molecule has 1 atom stereocenters. The Balaban J connectivity index is 2.57. The number of rotatable bonds is 2. The van der Waals surface area contributed by atoms with Crippen molar-refractivity contribution in [3.05, 3.63) is 69.5 Å². The minimum atomic E-state index is -1.18. The van der Waals surface area contributed by atoms with Crippen LogP contribution in [-0.2, 0) is 0 Å². The molecule has 106 valence electrons. The highest BCUT2D eigenvalue weighted by Crippen LogP contribution is 2.37. The van der Waals surface area contributed by atoms with Gasteiger partial charge in [0, 0.05) is 11.6 Å². The molecule has 0 radical (unpaired) electrons. The SMILES string of the molecule is Cc1cc(C)c(C(Br)c2cc(F)c(F)cc2F)c(C)c1. The van der Waals surface area contributed by atoms with Gasteiger partial charge in [0.05, 0.1) is 4.83 Å². The molecular formula is C16H14BrF3. The monoisotopic (exact) mass is 342 g/mol. The lowest BCUT2D eigenvalue weighted by atomic mass is 9.94. The van der Waals surface area contributed by atoms with Gasteiger partial charge in [0.2, 0.25) is 0 Å². The van der Waals surface area contributed by atoms with Gasteiger partial charge >= 0.3 is 0 Å². The third-order valence-electron chi connectivity index (χ3n) is 3.30. The molecule has 2 aromatic carbocycles. The molecule has 20 heavy (non-hydrogen) atoms. The maximum Gasteiger partial charge on any atom is 0.161 e. The molecule has 2 aromatic rings. The van der Waals surface area contributed by atoms with E-state index in [4.69, 9.17) is 0 Å². The summed E-state index contributed by atoms with van der Waals surface area (Å²) < 4.78 is 40.2. The van der Waals surface area contributed by atoms with E-state index in [9.17, 15) is 13.2 Å². The van der Waals surface area contributed by atoms with Crippen LogP contribution >= 0.6 is 15.9 Å². The van der Waals surface area contributed by atoms with E-state index in [2.05, 4.69) is 15.9 Å². The van der Waals surface area contributed by atoms with Gasteiger partial charge < -0.3 is 0 Å². The molecule has 0 heterocycles.